The monoisotopic (exact) mass is 465 g/mol. The van der Waals surface area contributed by atoms with Gasteiger partial charge in [-0.3, -0.25) is 9.69 Å². The van der Waals surface area contributed by atoms with E-state index in [1.165, 1.54) is 12.0 Å². The maximum Gasteiger partial charge on any atom is 0.416 e. The second-order valence-corrected chi connectivity index (χ2v) is 6.82. The lowest BCUT2D eigenvalue weighted by atomic mass is 10.1. The van der Waals surface area contributed by atoms with Gasteiger partial charge in [0.25, 0.3) is 0 Å². The molecule has 0 aliphatic heterocycles. The van der Waals surface area contributed by atoms with E-state index in [0.717, 1.165) is 16.6 Å². The van der Waals surface area contributed by atoms with Gasteiger partial charge in [-0.2, -0.15) is 0 Å². The first-order valence-electron chi connectivity index (χ1n) is 8.96. The van der Waals surface area contributed by atoms with Crippen LogP contribution in [0.25, 0.3) is 0 Å². The minimum atomic E-state index is -0.660. The molecule has 0 spiro atoms. The van der Waals surface area contributed by atoms with Gasteiger partial charge in [-0.05, 0) is 48.9 Å². The number of rotatable bonds is 9. The lowest BCUT2D eigenvalue weighted by Crippen LogP contribution is -2.40. The highest BCUT2D eigenvalue weighted by Crippen LogP contribution is 2.25. The Labute approximate surface area is 178 Å². The van der Waals surface area contributed by atoms with Crippen molar-refractivity contribution in [1.29, 1.82) is 0 Å². The summed E-state index contributed by atoms with van der Waals surface area (Å²) < 4.78 is 20.8. The van der Waals surface area contributed by atoms with Crippen molar-refractivity contribution in [2.24, 2.45) is 0 Å². The maximum atomic E-state index is 12.8. The Morgan fingerprint density at radius 3 is 2.10 bits per heavy atom. The van der Waals surface area contributed by atoms with Crippen LogP contribution in [-0.2, 0) is 9.53 Å². The van der Waals surface area contributed by atoms with Crippen molar-refractivity contribution < 1.29 is 28.5 Å². The van der Waals surface area contributed by atoms with Gasteiger partial charge >= 0.3 is 12.1 Å². The average molecular weight is 466 g/mol. The van der Waals surface area contributed by atoms with Gasteiger partial charge in [0.1, 0.15) is 23.8 Å². The summed E-state index contributed by atoms with van der Waals surface area (Å²) in [6, 6.07) is 13.5. The topological polar surface area (TPSA) is 74.3 Å². The Hall–Kier alpha value is -2.74. The number of amides is 1. The maximum absolute atomic E-state index is 12.8. The number of ether oxygens (including phenoxy) is 4. The van der Waals surface area contributed by atoms with Crippen LogP contribution in [0.2, 0.25) is 0 Å². The van der Waals surface area contributed by atoms with E-state index in [4.69, 9.17) is 18.9 Å². The van der Waals surface area contributed by atoms with Crippen LogP contribution in [0.3, 0.4) is 0 Å². The van der Waals surface area contributed by atoms with Crippen molar-refractivity contribution >= 4 is 28.0 Å². The molecular weight excluding hydrogens is 442 g/mol. The van der Waals surface area contributed by atoms with Crippen LogP contribution in [0.5, 0.6) is 17.2 Å². The fourth-order valence-corrected chi connectivity index (χ4v) is 2.71. The molecule has 7 nitrogen and oxygen atoms in total. The molecule has 1 amide bonds. The lowest BCUT2D eigenvalue weighted by molar-refractivity contribution is -0.141. The van der Waals surface area contributed by atoms with Crippen LogP contribution in [0, 0.1) is 0 Å². The summed E-state index contributed by atoms with van der Waals surface area (Å²) in [7, 11) is 2.83. The van der Waals surface area contributed by atoms with Gasteiger partial charge < -0.3 is 18.9 Å². The highest BCUT2D eigenvalue weighted by Gasteiger charge is 2.26. The fourth-order valence-electron chi connectivity index (χ4n) is 2.55. The number of nitrogens with zero attached hydrogens (tertiary/aromatic N) is 1. The molecule has 2 aromatic rings. The van der Waals surface area contributed by atoms with Gasteiger partial charge in [-0.15, -0.1) is 0 Å². The number of halogens is 1. The van der Waals surface area contributed by atoms with Crippen molar-refractivity contribution in [3.63, 3.8) is 0 Å². The first-order chi connectivity index (χ1) is 14.0. The molecule has 0 aromatic heterocycles. The molecule has 29 heavy (non-hydrogen) atoms. The zero-order chi connectivity index (χ0) is 21.2. The molecule has 2 aromatic carbocycles. The van der Waals surface area contributed by atoms with Gasteiger partial charge in [0.2, 0.25) is 0 Å². The Kier molecular flexibility index (Phi) is 8.79. The van der Waals surface area contributed by atoms with Crippen molar-refractivity contribution in [3.05, 3.63) is 54.1 Å². The van der Waals surface area contributed by atoms with E-state index in [1.54, 1.807) is 31.4 Å². The highest BCUT2D eigenvalue weighted by atomic mass is 79.9. The number of methoxy groups -OCH3 is 2. The van der Waals surface area contributed by atoms with Gasteiger partial charge in [-0.1, -0.05) is 28.1 Å². The Bertz CT molecular complexity index is 794. The van der Waals surface area contributed by atoms with Gasteiger partial charge in [-0.25, -0.2) is 4.79 Å². The smallest absolute Gasteiger partial charge is 0.416 e. The number of benzene rings is 2. The molecule has 0 heterocycles. The van der Waals surface area contributed by atoms with Crippen molar-refractivity contribution in [1.82, 2.24) is 4.90 Å². The highest BCUT2D eigenvalue weighted by molar-refractivity contribution is 9.09. The quantitative estimate of drug-likeness (QED) is 0.408. The molecule has 156 valence electrons. The van der Waals surface area contributed by atoms with Crippen LogP contribution in [0.1, 0.15) is 18.5 Å². The summed E-state index contributed by atoms with van der Waals surface area (Å²) >= 11 is 3.31. The summed E-state index contributed by atoms with van der Waals surface area (Å²) in [5.74, 6) is 1.17. The van der Waals surface area contributed by atoms with Crippen LogP contribution >= 0.6 is 15.9 Å². The number of carbonyl (C=O) groups excluding carboxylic acids is 2. The SMILES string of the molecule is COC(=O)CN(C(=O)Oc1ccc(OC)cc1)C(C)c1ccc(OCCBr)cc1. The molecule has 0 aliphatic carbocycles. The fraction of sp³-hybridized carbons (Fsp3) is 0.333. The third-order valence-corrected chi connectivity index (χ3v) is 4.53. The normalized spacial score (nSPS) is 11.3. The number of alkyl halides is 1. The summed E-state index contributed by atoms with van der Waals surface area (Å²) in [5.41, 5.74) is 0.826. The number of carbonyl (C=O) groups is 2. The van der Waals surface area contributed by atoms with Gasteiger partial charge in [0, 0.05) is 5.33 Å². The van der Waals surface area contributed by atoms with Gasteiger partial charge in [0.05, 0.1) is 26.9 Å². The molecule has 8 heteroatoms. The van der Waals surface area contributed by atoms with Crippen LogP contribution in [0.15, 0.2) is 48.5 Å². The molecule has 0 bridgehead atoms. The third-order valence-electron chi connectivity index (χ3n) is 4.20. The first kappa shape index (κ1) is 22.5. The zero-order valence-electron chi connectivity index (χ0n) is 16.6. The second kappa shape index (κ2) is 11.3. The molecule has 0 aliphatic rings. The summed E-state index contributed by atoms with van der Waals surface area (Å²) in [4.78, 5) is 25.9. The van der Waals surface area contributed by atoms with E-state index in [1.807, 2.05) is 31.2 Å². The number of esters is 1. The first-order valence-corrected chi connectivity index (χ1v) is 10.1. The largest absolute Gasteiger partial charge is 0.497 e. The Morgan fingerprint density at radius 2 is 1.55 bits per heavy atom. The lowest BCUT2D eigenvalue weighted by Gasteiger charge is -2.27. The Morgan fingerprint density at radius 1 is 0.966 bits per heavy atom. The number of hydrogen-bond donors (Lipinski definition) is 0. The van der Waals surface area contributed by atoms with Crippen LogP contribution in [0.4, 0.5) is 4.79 Å². The van der Waals surface area contributed by atoms with Crippen LogP contribution in [-0.4, -0.2) is 49.7 Å². The second-order valence-electron chi connectivity index (χ2n) is 6.03. The van der Waals surface area contributed by atoms with Crippen molar-refractivity contribution in [2.45, 2.75) is 13.0 Å². The minimum absolute atomic E-state index is 0.242. The molecule has 0 N–H and O–H groups in total. The van der Waals surface area contributed by atoms with E-state index in [9.17, 15) is 9.59 Å². The standard InChI is InChI=1S/C21H24BrNO6/c1-15(16-4-6-18(7-5-16)28-13-12-22)23(14-20(24)27-3)21(25)29-19-10-8-17(26-2)9-11-19/h4-11,15H,12-14H2,1-3H3. The van der Waals surface area contributed by atoms with Gasteiger partial charge in [0.15, 0.2) is 0 Å². The van der Waals surface area contributed by atoms with Crippen LogP contribution < -0.4 is 14.2 Å². The molecule has 1 atom stereocenters. The number of hydrogen-bond acceptors (Lipinski definition) is 6. The third kappa shape index (κ3) is 6.67. The molecule has 1 unspecified atom stereocenters. The van der Waals surface area contributed by atoms with E-state index in [2.05, 4.69) is 15.9 Å². The predicted octanol–water partition coefficient (Wildman–Crippen LogP) is 4.20. The summed E-state index contributed by atoms with van der Waals surface area (Å²) in [5, 5.41) is 0.731. The predicted molar refractivity (Wildman–Crippen MR) is 112 cm³/mol. The molecule has 2 rings (SSSR count). The minimum Gasteiger partial charge on any atom is -0.497 e. The molecule has 0 saturated carbocycles. The molecular formula is C21H24BrNO6. The summed E-state index contributed by atoms with van der Waals surface area (Å²) in [6.45, 7) is 2.12. The molecule has 0 saturated heterocycles. The van der Waals surface area contributed by atoms with E-state index >= 15 is 0 Å². The summed E-state index contributed by atoms with van der Waals surface area (Å²) in [6.07, 6.45) is -0.660. The average Bonchev–Trinajstić information content (AvgIpc) is 2.76. The zero-order valence-corrected chi connectivity index (χ0v) is 18.2. The Balaban J connectivity index is 2.16. The van der Waals surface area contributed by atoms with E-state index in [0.29, 0.717) is 18.1 Å². The van der Waals surface area contributed by atoms with Crippen molar-refractivity contribution in [3.8, 4) is 17.2 Å². The molecule has 0 radical (unpaired) electrons. The van der Waals surface area contributed by atoms with Crippen molar-refractivity contribution in [2.75, 3.05) is 32.7 Å². The van der Waals surface area contributed by atoms with E-state index in [-0.39, 0.29) is 6.54 Å². The molecule has 0 fully saturated rings. The van der Waals surface area contributed by atoms with E-state index < -0.39 is 18.1 Å².